The van der Waals surface area contributed by atoms with Crippen molar-refractivity contribution in [3.8, 4) is 0 Å². The first-order chi connectivity index (χ1) is 21.6. The van der Waals surface area contributed by atoms with Crippen molar-refractivity contribution < 1.29 is 24.5 Å². The molecule has 5 heteroatoms. The zero-order chi connectivity index (χ0) is 30.0. The lowest BCUT2D eigenvalue weighted by Crippen LogP contribution is -2.17. The maximum absolute atomic E-state index is 13.8. The number of hydrogen-bond acceptors (Lipinski definition) is 5. The van der Waals surface area contributed by atoms with E-state index in [4.69, 9.17) is 9.47 Å². The van der Waals surface area contributed by atoms with Crippen molar-refractivity contribution in [2.24, 2.45) is 0 Å². The Morgan fingerprint density at radius 2 is 0.750 bits per heavy atom. The molecule has 2 heterocycles. The highest BCUT2D eigenvalue weighted by atomic mass is 16.5. The van der Waals surface area contributed by atoms with Gasteiger partial charge in [-0.2, -0.15) is 0 Å². The number of Topliss-reactive ketones (excluding diaryl/α,β-unsaturated/α-hetero) is 1. The molecule has 5 nitrogen and oxygen atoms in total. The van der Waals surface area contributed by atoms with Crippen LogP contribution in [0.25, 0.3) is 23.0 Å². The van der Waals surface area contributed by atoms with Gasteiger partial charge < -0.3 is 19.7 Å². The standard InChI is InChI=1S/C39H28O5/c40-37-35(29-21-31(25-13-5-1-6-14-25)43-32(22-29)26-15-7-2-8-16-26)38(41)39(42)36(37)30-23-33(27-17-9-3-10-18-27)44-34(24-30)28-19-11-4-12-20-28/h1-24,37-38,40-41H. The zero-order valence-electron chi connectivity index (χ0n) is 23.6. The van der Waals surface area contributed by atoms with E-state index < -0.39 is 18.0 Å². The lowest BCUT2D eigenvalue weighted by atomic mass is 9.95. The second-order valence-corrected chi connectivity index (χ2v) is 10.7. The second kappa shape index (κ2) is 11.7. The number of aliphatic hydroxyl groups excluding tert-OH is 2. The third-order valence-electron chi connectivity index (χ3n) is 7.84. The number of carbonyl (C=O) groups excluding carboxylic acids is 1. The van der Waals surface area contributed by atoms with E-state index in [0.717, 1.165) is 22.3 Å². The summed E-state index contributed by atoms with van der Waals surface area (Å²) in [7, 11) is 0. The molecule has 0 spiro atoms. The Hall–Kier alpha value is -5.49. The normalized spacial score (nSPS) is 19.9. The lowest BCUT2D eigenvalue weighted by molar-refractivity contribution is -0.120. The molecular weight excluding hydrogens is 548 g/mol. The molecule has 3 aliphatic rings. The minimum atomic E-state index is -1.54. The Morgan fingerprint density at radius 1 is 0.432 bits per heavy atom. The van der Waals surface area contributed by atoms with E-state index in [1.165, 1.54) is 0 Å². The maximum Gasteiger partial charge on any atom is 0.195 e. The van der Waals surface area contributed by atoms with Gasteiger partial charge in [-0.05, 0) is 35.5 Å². The number of rotatable bonds is 4. The average Bonchev–Trinajstić information content (AvgIpc) is 3.32. The van der Waals surface area contributed by atoms with Crippen LogP contribution < -0.4 is 0 Å². The fraction of sp³-hybridized carbons (Fsp3) is 0.0513. The number of hydrogen-bond donors (Lipinski definition) is 2. The molecule has 1 fully saturated rings. The largest absolute Gasteiger partial charge is 0.456 e. The molecule has 2 atom stereocenters. The molecule has 2 N–H and O–H groups in total. The maximum atomic E-state index is 13.8. The van der Waals surface area contributed by atoms with Gasteiger partial charge in [0.15, 0.2) is 5.78 Å². The van der Waals surface area contributed by atoms with Gasteiger partial charge in [0.1, 0.15) is 35.2 Å². The third-order valence-corrected chi connectivity index (χ3v) is 7.84. The summed E-state index contributed by atoms with van der Waals surface area (Å²) in [4.78, 5) is 13.8. The van der Waals surface area contributed by atoms with E-state index in [9.17, 15) is 15.0 Å². The van der Waals surface area contributed by atoms with Crippen LogP contribution in [0, 0.1) is 0 Å². The highest BCUT2D eigenvalue weighted by molar-refractivity contribution is 6.08. The molecule has 0 aromatic heterocycles. The second-order valence-electron chi connectivity index (χ2n) is 10.7. The first kappa shape index (κ1) is 27.3. The van der Waals surface area contributed by atoms with Gasteiger partial charge in [-0.3, -0.25) is 4.79 Å². The van der Waals surface area contributed by atoms with E-state index in [2.05, 4.69) is 0 Å². The average molecular weight is 577 g/mol. The van der Waals surface area contributed by atoms with Crippen LogP contribution in [-0.2, 0) is 14.3 Å². The summed E-state index contributed by atoms with van der Waals surface area (Å²) in [5.74, 6) is 1.61. The number of ether oxygens (including phenoxy) is 2. The SMILES string of the molecule is O=C1C(=C2C=C(c3ccccc3)OC(c3ccccc3)=C2)C(O)C(=C2C=C(c3ccccc3)OC(c3ccccc3)=C2)C1O. The molecule has 2 unspecified atom stereocenters. The molecule has 4 aromatic rings. The van der Waals surface area contributed by atoms with Crippen LogP contribution in [0.1, 0.15) is 22.3 Å². The third kappa shape index (κ3) is 5.15. The fourth-order valence-corrected chi connectivity index (χ4v) is 5.65. The van der Waals surface area contributed by atoms with Crippen LogP contribution in [0.15, 0.2) is 168 Å². The van der Waals surface area contributed by atoms with Gasteiger partial charge in [0.25, 0.3) is 0 Å². The molecule has 4 aromatic carbocycles. The molecule has 2 aliphatic heterocycles. The topological polar surface area (TPSA) is 76.0 Å². The van der Waals surface area contributed by atoms with Gasteiger partial charge in [0.05, 0.1) is 0 Å². The van der Waals surface area contributed by atoms with Crippen molar-refractivity contribution in [2.75, 3.05) is 0 Å². The monoisotopic (exact) mass is 576 g/mol. The quantitative estimate of drug-likeness (QED) is 0.253. The molecule has 0 radical (unpaired) electrons. The highest BCUT2D eigenvalue weighted by Gasteiger charge is 2.43. The van der Waals surface area contributed by atoms with Crippen LogP contribution in [0.3, 0.4) is 0 Å². The molecule has 44 heavy (non-hydrogen) atoms. The summed E-state index contributed by atoms with van der Waals surface area (Å²) in [5.41, 5.74) is 4.61. The first-order valence-electron chi connectivity index (χ1n) is 14.4. The van der Waals surface area contributed by atoms with Gasteiger partial charge >= 0.3 is 0 Å². The van der Waals surface area contributed by atoms with E-state index in [1.807, 2.05) is 121 Å². The highest BCUT2D eigenvalue weighted by Crippen LogP contribution is 2.41. The first-order valence-corrected chi connectivity index (χ1v) is 14.4. The predicted molar refractivity (Wildman–Crippen MR) is 171 cm³/mol. The number of ketones is 1. The van der Waals surface area contributed by atoms with Crippen molar-refractivity contribution in [1.29, 1.82) is 0 Å². The summed E-state index contributed by atoms with van der Waals surface area (Å²) < 4.78 is 12.6. The summed E-state index contributed by atoms with van der Waals surface area (Å²) in [6.07, 6.45) is 4.14. The van der Waals surface area contributed by atoms with Crippen LogP contribution in [0.4, 0.5) is 0 Å². The van der Waals surface area contributed by atoms with Gasteiger partial charge in [0, 0.05) is 33.4 Å². The van der Waals surface area contributed by atoms with Gasteiger partial charge in [0.2, 0.25) is 0 Å². The Labute approximate surface area is 255 Å². The summed E-state index contributed by atoms with van der Waals surface area (Å²) in [6, 6.07) is 38.4. The van der Waals surface area contributed by atoms with Gasteiger partial charge in [-0.25, -0.2) is 0 Å². The lowest BCUT2D eigenvalue weighted by Gasteiger charge is -2.22. The van der Waals surface area contributed by atoms with E-state index in [1.54, 1.807) is 24.3 Å². The van der Waals surface area contributed by atoms with Crippen LogP contribution in [0.2, 0.25) is 0 Å². The van der Waals surface area contributed by atoms with Crippen LogP contribution >= 0.6 is 0 Å². The van der Waals surface area contributed by atoms with Crippen molar-refractivity contribution in [1.82, 2.24) is 0 Å². The Kier molecular flexibility index (Phi) is 7.24. The Bertz CT molecular complexity index is 1800. The Balaban J connectivity index is 1.40. The van der Waals surface area contributed by atoms with Crippen molar-refractivity contribution >= 4 is 28.8 Å². The summed E-state index contributed by atoms with van der Waals surface area (Å²) in [6.45, 7) is 0. The molecule has 7 rings (SSSR count). The van der Waals surface area contributed by atoms with Gasteiger partial charge in [-0.15, -0.1) is 0 Å². The molecule has 0 saturated heterocycles. The smallest absolute Gasteiger partial charge is 0.195 e. The number of benzene rings is 4. The predicted octanol–water partition coefficient (Wildman–Crippen LogP) is 7.11. The Morgan fingerprint density at radius 3 is 1.09 bits per heavy atom. The molecule has 0 amide bonds. The van der Waals surface area contributed by atoms with E-state index in [-0.39, 0.29) is 11.1 Å². The number of allylic oxidation sites excluding steroid dienone is 6. The van der Waals surface area contributed by atoms with Crippen LogP contribution in [-0.4, -0.2) is 28.2 Å². The molecular formula is C39H28O5. The number of carbonyl (C=O) groups is 1. The molecule has 0 bridgehead atoms. The molecule has 1 aliphatic carbocycles. The zero-order valence-corrected chi connectivity index (χ0v) is 23.6. The van der Waals surface area contributed by atoms with Gasteiger partial charge in [-0.1, -0.05) is 121 Å². The van der Waals surface area contributed by atoms with E-state index in [0.29, 0.717) is 34.2 Å². The van der Waals surface area contributed by atoms with Crippen molar-refractivity contribution in [3.05, 3.63) is 190 Å². The summed E-state index contributed by atoms with van der Waals surface area (Å²) in [5, 5.41) is 23.2. The fourth-order valence-electron chi connectivity index (χ4n) is 5.65. The molecule has 1 saturated carbocycles. The summed E-state index contributed by atoms with van der Waals surface area (Å²) >= 11 is 0. The van der Waals surface area contributed by atoms with Crippen LogP contribution in [0.5, 0.6) is 0 Å². The number of aliphatic hydroxyl groups is 2. The van der Waals surface area contributed by atoms with Crippen molar-refractivity contribution in [3.63, 3.8) is 0 Å². The van der Waals surface area contributed by atoms with E-state index >= 15 is 0 Å². The minimum Gasteiger partial charge on any atom is -0.456 e. The van der Waals surface area contributed by atoms with Crippen molar-refractivity contribution in [2.45, 2.75) is 12.2 Å². The minimum absolute atomic E-state index is 0.112. The molecule has 214 valence electrons.